The van der Waals surface area contributed by atoms with E-state index in [0.29, 0.717) is 0 Å². The average Bonchev–Trinajstić information content (AvgIpc) is 3.38. The summed E-state index contributed by atoms with van der Waals surface area (Å²) in [7, 11) is 0. The Hall–Kier alpha value is -8.00. The van der Waals surface area contributed by atoms with Gasteiger partial charge in [-0.1, -0.05) is 231 Å². The molecule has 0 bridgehead atoms. The molecule has 0 saturated carbocycles. The van der Waals surface area contributed by atoms with Crippen LogP contribution in [-0.2, 0) is 6.42 Å². The topological polar surface area (TPSA) is 3.24 Å². The third kappa shape index (κ3) is 8.77. The van der Waals surface area contributed by atoms with Gasteiger partial charge < -0.3 is 4.90 Å². The van der Waals surface area contributed by atoms with E-state index in [0.717, 1.165) is 23.5 Å². The van der Waals surface area contributed by atoms with Crippen molar-refractivity contribution in [3.63, 3.8) is 0 Å². The molecule has 0 spiro atoms. The summed E-state index contributed by atoms with van der Waals surface area (Å²) in [5, 5.41) is 0. The summed E-state index contributed by atoms with van der Waals surface area (Å²) in [4.78, 5) is 2.36. The van der Waals surface area contributed by atoms with Crippen LogP contribution < -0.4 is 4.90 Å². The molecule has 63 heavy (non-hydrogen) atoms. The van der Waals surface area contributed by atoms with Crippen LogP contribution in [0.3, 0.4) is 0 Å². The first-order chi connectivity index (χ1) is 31.2. The summed E-state index contributed by atoms with van der Waals surface area (Å²) in [5.74, 6) is 0.235. The van der Waals surface area contributed by atoms with E-state index in [1.165, 1.54) is 72.3 Å². The Balaban J connectivity index is 0.962. The molecule has 0 N–H and O–H groups in total. The second kappa shape index (κ2) is 18.3. The first-order valence-electron chi connectivity index (χ1n) is 21.8. The van der Waals surface area contributed by atoms with Gasteiger partial charge in [0, 0.05) is 23.0 Å². The van der Waals surface area contributed by atoms with Gasteiger partial charge in [-0.15, -0.1) is 0 Å². The number of rotatable bonds is 12. The van der Waals surface area contributed by atoms with Crippen molar-refractivity contribution in [3.05, 3.63) is 284 Å². The van der Waals surface area contributed by atoms with Crippen LogP contribution in [0.4, 0.5) is 17.1 Å². The molecular formula is C62H47N. The van der Waals surface area contributed by atoms with E-state index in [9.17, 15) is 0 Å². The van der Waals surface area contributed by atoms with Crippen LogP contribution in [0.2, 0.25) is 0 Å². The quantitative estimate of drug-likeness (QED) is 0.119. The summed E-state index contributed by atoms with van der Waals surface area (Å²) in [6.45, 7) is 0. The van der Waals surface area contributed by atoms with Crippen molar-refractivity contribution in [2.45, 2.75) is 12.3 Å². The van der Waals surface area contributed by atoms with E-state index in [4.69, 9.17) is 0 Å². The van der Waals surface area contributed by atoms with E-state index in [-0.39, 0.29) is 5.92 Å². The van der Waals surface area contributed by atoms with Crippen LogP contribution in [0.15, 0.2) is 267 Å². The Morgan fingerprint density at radius 1 is 0.254 bits per heavy atom. The van der Waals surface area contributed by atoms with Crippen molar-refractivity contribution in [1.29, 1.82) is 0 Å². The van der Waals surface area contributed by atoms with Gasteiger partial charge in [0.25, 0.3) is 0 Å². The minimum absolute atomic E-state index is 0.235. The van der Waals surface area contributed by atoms with Crippen molar-refractivity contribution in [2.75, 3.05) is 4.90 Å². The van der Waals surface area contributed by atoms with E-state index in [1.54, 1.807) is 0 Å². The van der Waals surface area contributed by atoms with Crippen LogP contribution in [-0.4, -0.2) is 0 Å². The molecule has 300 valence electrons. The molecule has 10 aromatic carbocycles. The van der Waals surface area contributed by atoms with Gasteiger partial charge in [0.1, 0.15) is 0 Å². The molecule has 1 atom stereocenters. The molecule has 0 amide bonds. The molecular weight excluding hydrogens is 759 g/mol. The summed E-state index contributed by atoms with van der Waals surface area (Å²) in [5.41, 5.74) is 19.3. The zero-order valence-corrected chi connectivity index (χ0v) is 35.1. The minimum Gasteiger partial charge on any atom is -0.310 e. The number of hydrogen-bond donors (Lipinski definition) is 0. The fourth-order valence-corrected chi connectivity index (χ4v) is 8.80. The molecule has 1 nitrogen and oxygen atoms in total. The minimum atomic E-state index is 0.235. The van der Waals surface area contributed by atoms with Crippen LogP contribution in [0.1, 0.15) is 22.6 Å². The lowest BCUT2D eigenvalue weighted by Crippen LogP contribution is -2.10. The summed E-state index contributed by atoms with van der Waals surface area (Å²) < 4.78 is 0. The molecule has 0 fully saturated rings. The SMILES string of the molecule is c1ccc(-c2ccc(-c3ccc(N(c4ccccc4)c4ccc(-c5ccc(CC(c6ccccc6)c6ccc(-c7ccccc7)cc6)cc5)c(-c5ccccc5)c4)cc3)cc2)cc1. The van der Waals surface area contributed by atoms with Gasteiger partial charge in [-0.2, -0.15) is 0 Å². The normalized spacial score (nSPS) is 11.5. The van der Waals surface area contributed by atoms with Gasteiger partial charge >= 0.3 is 0 Å². The van der Waals surface area contributed by atoms with E-state index in [2.05, 4.69) is 272 Å². The highest BCUT2D eigenvalue weighted by Gasteiger charge is 2.19. The van der Waals surface area contributed by atoms with Gasteiger partial charge in [-0.3, -0.25) is 0 Å². The van der Waals surface area contributed by atoms with Crippen molar-refractivity contribution in [1.82, 2.24) is 0 Å². The largest absolute Gasteiger partial charge is 0.310 e. The third-order valence-electron chi connectivity index (χ3n) is 12.1. The maximum absolute atomic E-state index is 2.36. The molecule has 10 aromatic rings. The average molecular weight is 806 g/mol. The fraction of sp³-hybridized carbons (Fsp3) is 0.0323. The molecule has 0 aliphatic heterocycles. The molecule has 0 aliphatic rings. The van der Waals surface area contributed by atoms with Gasteiger partial charge in [-0.25, -0.2) is 0 Å². The molecule has 0 aliphatic carbocycles. The van der Waals surface area contributed by atoms with Crippen LogP contribution in [0.25, 0.3) is 55.6 Å². The number of nitrogens with zero attached hydrogens (tertiary/aromatic N) is 1. The van der Waals surface area contributed by atoms with E-state index >= 15 is 0 Å². The Bertz CT molecular complexity index is 3000. The molecule has 1 heteroatoms. The first-order valence-corrected chi connectivity index (χ1v) is 21.8. The Kier molecular flexibility index (Phi) is 11.4. The van der Waals surface area contributed by atoms with Crippen LogP contribution >= 0.6 is 0 Å². The van der Waals surface area contributed by atoms with Crippen molar-refractivity contribution < 1.29 is 0 Å². The Morgan fingerprint density at radius 3 is 1.13 bits per heavy atom. The number of benzene rings is 10. The van der Waals surface area contributed by atoms with E-state index in [1.807, 2.05) is 0 Å². The molecule has 10 rings (SSSR count). The van der Waals surface area contributed by atoms with E-state index < -0.39 is 0 Å². The Labute approximate surface area is 371 Å². The number of para-hydroxylation sites is 1. The summed E-state index contributed by atoms with van der Waals surface area (Å²) in [6, 6.07) is 96.7. The zero-order chi connectivity index (χ0) is 42.2. The second-order valence-electron chi connectivity index (χ2n) is 16.1. The third-order valence-corrected chi connectivity index (χ3v) is 12.1. The fourth-order valence-electron chi connectivity index (χ4n) is 8.80. The summed E-state index contributed by atoms with van der Waals surface area (Å²) >= 11 is 0. The predicted octanol–water partition coefficient (Wildman–Crippen LogP) is 16.9. The molecule has 0 aromatic heterocycles. The first kappa shape index (κ1) is 39.2. The monoisotopic (exact) mass is 805 g/mol. The lowest BCUT2D eigenvalue weighted by molar-refractivity contribution is 0.805. The zero-order valence-electron chi connectivity index (χ0n) is 35.1. The second-order valence-corrected chi connectivity index (χ2v) is 16.1. The van der Waals surface area contributed by atoms with Gasteiger partial charge in [0.2, 0.25) is 0 Å². The van der Waals surface area contributed by atoms with Gasteiger partial charge in [0.15, 0.2) is 0 Å². The number of anilines is 3. The van der Waals surface area contributed by atoms with Crippen molar-refractivity contribution in [2.24, 2.45) is 0 Å². The van der Waals surface area contributed by atoms with Crippen molar-refractivity contribution in [3.8, 4) is 55.6 Å². The highest BCUT2D eigenvalue weighted by atomic mass is 15.1. The van der Waals surface area contributed by atoms with Crippen molar-refractivity contribution >= 4 is 17.1 Å². The smallest absolute Gasteiger partial charge is 0.0468 e. The highest BCUT2D eigenvalue weighted by molar-refractivity contribution is 5.89. The van der Waals surface area contributed by atoms with Crippen LogP contribution in [0.5, 0.6) is 0 Å². The molecule has 0 heterocycles. The van der Waals surface area contributed by atoms with Crippen LogP contribution in [0, 0.1) is 0 Å². The maximum atomic E-state index is 2.36. The summed E-state index contributed by atoms with van der Waals surface area (Å²) in [6.07, 6.45) is 0.906. The molecule has 1 unspecified atom stereocenters. The van der Waals surface area contributed by atoms with Gasteiger partial charge in [0.05, 0.1) is 0 Å². The standard InChI is InChI=1S/C62H47N/c1-6-16-47(17-7-1)49-30-32-51(33-31-49)52-38-40-58(41-39-52)63(57-24-14-5-15-25-57)59-42-43-60(62(45-59)54-22-12-4-13-23-54)55-28-26-46(27-29-55)44-61(53-20-10-3-11-21-53)56-36-34-50(35-37-56)48-18-8-2-9-19-48/h1-43,45,61H,44H2. The lowest BCUT2D eigenvalue weighted by atomic mass is 9.85. The Morgan fingerprint density at radius 2 is 0.603 bits per heavy atom. The maximum Gasteiger partial charge on any atom is 0.0468 e. The predicted molar refractivity (Wildman–Crippen MR) is 267 cm³/mol. The highest BCUT2D eigenvalue weighted by Crippen LogP contribution is 2.41. The number of hydrogen-bond acceptors (Lipinski definition) is 1. The molecule has 0 radical (unpaired) electrons. The van der Waals surface area contributed by atoms with Gasteiger partial charge in [-0.05, 0) is 115 Å². The molecule has 0 saturated heterocycles. The lowest BCUT2D eigenvalue weighted by Gasteiger charge is -2.27.